The summed E-state index contributed by atoms with van der Waals surface area (Å²) in [7, 11) is 0. The molecule has 0 aliphatic rings. The molecule has 6 heteroatoms. The number of carbonyl (C=O) groups excluding carboxylic acids is 3. The molecule has 27 heavy (non-hydrogen) atoms. The van der Waals surface area contributed by atoms with Crippen molar-refractivity contribution in [2.24, 2.45) is 0 Å². The van der Waals surface area contributed by atoms with Crippen LogP contribution in [-0.4, -0.2) is 37.2 Å². The first kappa shape index (κ1) is 25.4. The summed E-state index contributed by atoms with van der Waals surface area (Å²) in [4.78, 5) is 33.6. The van der Waals surface area contributed by atoms with Gasteiger partial charge in [0, 0.05) is 20.3 Å². The Balaban J connectivity index is 3.62. The number of hydrogen-bond acceptors (Lipinski definition) is 6. The monoisotopic (exact) mass is 386 g/mol. The van der Waals surface area contributed by atoms with Crippen molar-refractivity contribution >= 4 is 17.9 Å². The molecular formula is C21H38O6. The minimum atomic E-state index is -0.757. The molecule has 0 N–H and O–H groups in total. The molecule has 0 bridgehead atoms. The Hall–Kier alpha value is -1.59. The molecule has 0 fully saturated rings. The number of esters is 3. The molecule has 0 saturated carbocycles. The van der Waals surface area contributed by atoms with E-state index in [2.05, 4.69) is 6.92 Å². The minimum Gasteiger partial charge on any atom is -0.462 e. The maximum Gasteiger partial charge on any atom is 0.305 e. The standard InChI is InChI=1S/C21H38O6/c1-4-5-6-7-8-9-10-11-12-13-14-15-21(24)26-17-20(27-19(3)23)16-25-18(2)22/h20H,4-17H2,1-3H3. The average molecular weight is 387 g/mol. The van der Waals surface area contributed by atoms with Crippen molar-refractivity contribution in [2.45, 2.75) is 104 Å². The predicted molar refractivity (Wildman–Crippen MR) is 104 cm³/mol. The van der Waals surface area contributed by atoms with Crippen molar-refractivity contribution in [3.05, 3.63) is 0 Å². The third-order valence-electron chi connectivity index (χ3n) is 4.22. The quantitative estimate of drug-likeness (QED) is 0.204. The molecule has 0 saturated heterocycles. The molecule has 0 aromatic rings. The van der Waals surface area contributed by atoms with Gasteiger partial charge in [-0.3, -0.25) is 14.4 Å². The van der Waals surface area contributed by atoms with Gasteiger partial charge in [0.1, 0.15) is 13.2 Å². The highest BCUT2D eigenvalue weighted by atomic mass is 16.6. The van der Waals surface area contributed by atoms with Crippen molar-refractivity contribution in [3.8, 4) is 0 Å². The highest BCUT2D eigenvalue weighted by molar-refractivity contribution is 5.69. The lowest BCUT2D eigenvalue weighted by Gasteiger charge is -2.16. The highest BCUT2D eigenvalue weighted by Gasteiger charge is 2.16. The topological polar surface area (TPSA) is 78.9 Å². The van der Waals surface area contributed by atoms with Gasteiger partial charge in [0.05, 0.1) is 0 Å². The second-order valence-corrected chi connectivity index (χ2v) is 7.00. The molecular weight excluding hydrogens is 348 g/mol. The first-order chi connectivity index (χ1) is 13.0. The summed E-state index contributed by atoms with van der Waals surface area (Å²) in [5.41, 5.74) is 0. The normalized spacial score (nSPS) is 11.7. The van der Waals surface area contributed by atoms with E-state index < -0.39 is 18.0 Å². The molecule has 158 valence electrons. The lowest BCUT2D eigenvalue weighted by atomic mass is 10.1. The molecule has 6 nitrogen and oxygen atoms in total. The fourth-order valence-electron chi connectivity index (χ4n) is 2.75. The van der Waals surface area contributed by atoms with Crippen LogP contribution >= 0.6 is 0 Å². The van der Waals surface area contributed by atoms with E-state index in [1.54, 1.807) is 0 Å². The van der Waals surface area contributed by atoms with Crippen LogP contribution in [0.1, 0.15) is 97.8 Å². The van der Waals surface area contributed by atoms with Crippen molar-refractivity contribution in [3.63, 3.8) is 0 Å². The van der Waals surface area contributed by atoms with Crippen molar-refractivity contribution in [2.75, 3.05) is 13.2 Å². The Kier molecular flexibility index (Phi) is 16.8. The SMILES string of the molecule is CCCCCCCCCCCCCC(=O)OCC(COC(C)=O)OC(C)=O. The fraction of sp³-hybridized carbons (Fsp3) is 0.857. The highest BCUT2D eigenvalue weighted by Crippen LogP contribution is 2.12. The zero-order valence-electron chi connectivity index (χ0n) is 17.4. The van der Waals surface area contributed by atoms with Gasteiger partial charge in [0.25, 0.3) is 0 Å². The summed E-state index contributed by atoms with van der Waals surface area (Å²) in [6.07, 6.45) is 13.1. The summed E-state index contributed by atoms with van der Waals surface area (Å²) < 4.78 is 14.9. The van der Waals surface area contributed by atoms with Crippen LogP contribution in [0.3, 0.4) is 0 Å². The zero-order chi connectivity index (χ0) is 20.3. The van der Waals surface area contributed by atoms with Crippen LogP contribution in [-0.2, 0) is 28.6 Å². The van der Waals surface area contributed by atoms with E-state index >= 15 is 0 Å². The van der Waals surface area contributed by atoms with Crippen LogP contribution in [0.15, 0.2) is 0 Å². The van der Waals surface area contributed by atoms with Gasteiger partial charge < -0.3 is 14.2 Å². The third-order valence-corrected chi connectivity index (χ3v) is 4.22. The third kappa shape index (κ3) is 19.0. The van der Waals surface area contributed by atoms with Gasteiger partial charge in [-0.15, -0.1) is 0 Å². The lowest BCUT2D eigenvalue weighted by Crippen LogP contribution is -2.29. The smallest absolute Gasteiger partial charge is 0.305 e. The number of hydrogen-bond donors (Lipinski definition) is 0. The Labute approximate surface area is 164 Å². The van der Waals surface area contributed by atoms with E-state index in [0.717, 1.165) is 19.3 Å². The van der Waals surface area contributed by atoms with Crippen molar-refractivity contribution < 1.29 is 28.6 Å². The Morgan fingerprint density at radius 1 is 0.667 bits per heavy atom. The van der Waals surface area contributed by atoms with Crippen LogP contribution in [0.2, 0.25) is 0 Å². The van der Waals surface area contributed by atoms with Gasteiger partial charge >= 0.3 is 17.9 Å². The van der Waals surface area contributed by atoms with Gasteiger partial charge in [-0.2, -0.15) is 0 Å². The lowest BCUT2D eigenvalue weighted by molar-refractivity contribution is -0.164. The summed E-state index contributed by atoms with van der Waals surface area (Å²) in [6.45, 7) is 4.55. The molecule has 0 heterocycles. The molecule has 0 radical (unpaired) electrons. The summed E-state index contributed by atoms with van der Waals surface area (Å²) in [5, 5.41) is 0. The number of ether oxygens (including phenoxy) is 3. The summed E-state index contributed by atoms with van der Waals surface area (Å²) >= 11 is 0. The van der Waals surface area contributed by atoms with Crippen LogP contribution in [0.4, 0.5) is 0 Å². The van der Waals surface area contributed by atoms with Crippen molar-refractivity contribution in [1.82, 2.24) is 0 Å². The molecule has 0 aromatic carbocycles. The molecule has 1 atom stereocenters. The van der Waals surface area contributed by atoms with Crippen LogP contribution in [0.5, 0.6) is 0 Å². The number of carbonyl (C=O) groups is 3. The Morgan fingerprint density at radius 2 is 1.15 bits per heavy atom. The van der Waals surface area contributed by atoms with Gasteiger partial charge in [0.15, 0.2) is 6.10 Å². The average Bonchev–Trinajstić information content (AvgIpc) is 2.61. The Bertz CT molecular complexity index is 407. The van der Waals surface area contributed by atoms with Crippen LogP contribution < -0.4 is 0 Å². The maximum atomic E-state index is 11.8. The molecule has 0 aliphatic carbocycles. The van der Waals surface area contributed by atoms with Gasteiger partial charge in [-0.1, -0.05) is 71.1 Å². The van der Waals surface area contributed by atoms with E-state index in [4.69, 9.17) is 14.2 Å². The molecule has 0 aromatic heterocycles. The number of rotatable bonds is 17. The zero-order valence-corrected chi connectivity index (χ0v) is 17.4. The van der Waals surface area contributed by atoms with E-state index in [1.165, 1.54) is 65.2 Å². The minimum absolute atomic E-state index is 0.0935. The maximum absolute atomic E-state index is 11.8. The summed E-state index contributed by atoms with van der Waals surface area (Å²) in [6, 6.07) is 0. The van der Waals surface area contributed by atoms with Crippen LogP contribution in [0, 0.1) is 0 Å². The van der Waals surface area contributed by atoms with E-state index in [9.17, 15) is 14.4 Å². The van der Waals surface area contributed by atoms with Crippen molar-refractivity contribution in [1.29, 1.82) is 0 Å². The predicted octanol–water partition coefficient (Wildman–Crippen LogP) is 4.73. The van der Waals surface area contributed by atoms with E-state index in [0.29, 0.717) is 6.42 Å². The molecule has 0 rings (SSSR count). The number of unbranched alkanes of at least 4 members (excludes halogenated alkanes) is 10. The second-order valence-electron chi connectivity index (χ2n) is 7.00. The first-order valence-electron chi connectivity index (χ1n) is 10.4. The van der Waals surface area contributed by atoms with Gasteiger partial charge in [0.2, 0.25) is 0 Å². The Morgan fingerprint density at radius 3 is 1.63 bits per heavy atom. The van der Waals surface area contributed by atoms with Crippen LogP contribution in [0.25, 0.3) is 0 Å². The molecule has 0 amide bonds. The molecule has 0 aliphatic heterocycles. The second kappa shape index (κ2) is 17.8. The first-order valence-corrected chi connectivity index (χ1v) is 10.4. The van der Waals surface area contributed by atoms with E-state index in [-0.39, 0.29) is 19.2 Å². The largest absolute Gasteiger partial charge is 0.462 e. The van der Waals surface area contributed by atoms with Gasteiger partial charge in [-0.25, -0.2) is 0 Å². The van der Waals surface area contributed by atoms with Gasteiger partial charge in [-0.05, 0) is 6.42 Å². The molecule has 0 spiro atoms. The molecule has 1 unspecified atom stereocenters. The summed E-state index contributed by atoms with van der Waals surface area (Å²) in [5.74, 6) is -1.29. The van der Waals surface area contributed by atoms with E-state index in [1.807, 2.05) is 0 Å². The fourth-order valence-corrected chi connectivity index (χ4v) is 2.75.